The molecule has 0 aromatic heterocycles. The highest BCUT2D eigenvalue weighted by Crippen LogP contribution is 2.25. The van der Waals surface area contributed by atoms with Crippen molar-refractivity contribution >= 4 is 0 Å². The van der Waals surface area contributed by atoms with Crippen LogP contribution in [0.5, 0.6) is 0 Å². The Morgan fingerprint density at radius 3 is 2.89 bits per heavy atom. The van der Waals surface area contributed by atoms with Crippen LogP contribution in [0.25, 0.3) is 0 Å². The lowest BCUT2D eigenvalue weighted by Crippen LogP contribution is -2.39. The quantitative estimate of drug-likeness (QED) is 0.395. The van der Waals surface area contributed by atoms with E-state index >= 15 is 0 Å². The summed E-state index contributed by atoms with van der Waals surface area (Å²) in [5, 5.41) is 12.4. The summed E-state index contributed by atoms with van der Waals surface area (Å²) in [6, 6.07) is 0.0949. The lowest BCUT2D eigenvalue weighted by molar-refractivity contribution is 0.00665. The minimum atomic E-state index is -1.03. The standard InChI is InChI=1S/C5H10N2O2/c8-5(7-9-5)4-2-1-3-6-4/h4,6-8H,1-3H2/t4-,5?/m0/s1. The van der Waals surface area contributed by atoms with E-state index in [0.717, 1.165) is 19.4 Å². The number of aliphatic hydroxyl groups is 1. The van der Waals surface area contributed by atoms with E-state index in [1.807, 2.05) is 0 Å². The first-order valence-corrected chi connectivity index (χ1v) is 3.22. The second kappa shape index (κ2) is 1.67. The molecular formula is C5H10N2O2. The molecule has 2 aliphatic heterocycles. The van der Waals surface area contributed by atoms with Crippen LogP contribution in [0.1, 0.15) is 12.8 Å². The van der Waals surface area contributed by atoms with Gasteiger partial charge >= 0.3 is 0 Å². The molecule has 2 atom stereocenters. The first-order valence-electron chi connectivity index (χ1n) is 3.22. The highest BCUT2D eigenvalue weighted by Gasteiger charge is 2.51. The van der Waals surface area contributed by atoms with Gasteiger partial charge in [0.05, 0.1) is 6.04 Å². The molecular weight excluding hydrogens is 120 g/mol. The normalized spacial score (nSPS) is 49.7. The summed E-state index contributed by atoms with van der Waals surface area (Å²) in [4.78, 5) is 4.62. The van der Waals surface area contributed by atoms with Crippen molar-refractivity contribution < 1.29 is 9.94 Å². The first-order chi connectivity index (χ1) is 4.31. The Kier molecular flexibility index (Phi) is 1.04. The topological polar surface area (TPSA) is 66.7 Å². The Hall–Kier alpha value is -0.160. The maximum Gasteiger partial charge on any atom is 0.280 e. The van der Waals surface area contributed by atoms with Crippen molar-refractivity contribution in [3.8, 4) is 0 Å². The molecule has 0 radical (unpaired) electrons. The van der Waals surface area contributed by atoms with Crippen molar-refractivity contribution in [3.63, 3.8) is 0 Å². The molecule has 2 fully saturated rings. The smallest absolute Gasteiger partial charge is 0.280 e. The molecule has 0 bridgehead atoms. The molecule has 52 valence electrons. The highest BCUT2D eigenvalue weighted by atomic mass is 16.9. The van der Waals surface area contributed by atoms with Gasteiger partial charge in [0.25, 0.3) is 5.91 Å². The zero-order valence-electron chi connectivity index (χ0n) is 5.05. The minimum absolute atomic E-state index is 0.0949. The van der Waals surface area contributed by atoms with Crippen molar-refractivity contribution in [2.75, 3.05) is 6.54 Å². The zero-order valence-corrected chi connectivity index (χ0v) is 5.05. The molecule has 0 saturated carbocycles. The van der Waals surface area contributed by atoms with E-state index in [1.165, 1.54) is 0 Å². The molecule has 0 aliphatic carbocycles. The van der Waals surface area contributed by atoms with Crippen LogP contribution in [-0.4, -0.2) is 23.6 Å². The van der Waals surface area contributed by atoms with E-state index < -0.39 is 5.91 Å². The molecule has 0 spiro atoms. The third kappa shape index (κ3) is 0.840. The Balaban J connectivity index is 1.97. The van der Waals surface area contributed by atoms with Gasteiger partial charge < -0.3 is 10.4 Å². The molecule has 4 nitrogen and oxygen atoms in total. The van der Waals surface area contributed by atoms with Crippen LogP contribution in [0.2, 0.25) is 0 Å². The summed E-state index contributed by atoms with van der Waals surface area (Å²) in [5.41, 5.74) is 2.45. The summed E-state index contributed by atoms with van der Waals surface area (Å²) in [6.07, 6.45) is 2.11. The molecule has 9 heavy (non-hydrogen) atoms. The third-order valence-corrected chi connectivity index (χ3v) is 1.84. The maximum atomic E-state index is 9.23. The van der Waals surface area contributed by atoms with Crippen LogP contribution in [0, 0.1) is 0 Å². The molecule has 0 aromatic carbocycles. The SMILES string of the molecule is OC1([C@@H]2CCCN2)NO1. The van der Waals surface area contributed by atoms with Crippen molar-refractivity contribution in [3.05, 3.63) is 0 Å². The largest absolute Gasteiger partial charge is 0.349 e. The predicted molar refractivity (Wildman–Crippen MR) is 30.2 cm³/mol. The molecule has 4 heteroatoms. The number of hydroxylamine groups is 1. The summed E-state index contributed by atoms with van der Waals surface area (Å²) >= 11 is 0. The van der Waals surface area contributed by atoms with Gasteiger partial charge in [-0.1, -0.05) is 0 Å². The Morgan fingerprint density at radius 1 is 1.67 bits per heavy atom. The molecule has 2 heterocycles. The van der Waals surface area contributed by atoms with Crippen molar-refractivity contribution in [1.29, 1.82) is 0 Å². The predicted octanol–water partition coefficient (Wildman–Crippen LogP) is -1.08. The lowest BCUT2D eigenvalue weighted by atomic mass is 10.2. The second-order valence-corrected chi connectivity index (χ2v) is 2.55. The summed E-state index contributed by atoms with van der Waals surface area (Å²) in [7, 11) is 0. The Labute approximate surface area is 53.1 Å². The van der Waals surface area contributed by atoms with E-state index in [9.17, 15) is 5.11 Å². The van der Waals surface area contributed by atoms with Crippen molar-refractivity contribution in [1.82, 2.24) is 10.8 Å². The fraction of sp³-hybridized carbons (Fsp3) is 1.00. The van der Waals surface area contributed by atoms with E-state index in [0.29, 0.717) is 0 Å². The molecule has 0 amide bonds. The van der Waals surface area contributed by atoms with Gasteiger partial charge in [-0.25, -0.2) is 4.84 Å². The molecule has 3 N–H and O–H groups in total. The summed E-state index contributed by atoms with van der Waals surface area (Å²) < 4.78 is 0. The van der Waals surface area contributed by atoms with Crippen LogP contribution >= 0.6 is 0 Å². The van der Waals surface area contributed by atoms with Gasteiger partial charge in [-0.05, 0) is 19.4 Å². The second-order valence-electron chi connectivity index (χ2n) is 2.55. The average molecular weight is 130 g/mol. The van der Waals surface area contributed by atoms with E-state index in [2.05, 4.69) is 15.6 Å². The van der Waals surface area contributed by atoms with E-state index in [-0.39, 0.29) is 6.04 Å². The minimum Gasteiger partial charge on any atom is -0.349 e. The number of nitrogens with one attached hydrogen (secondary N) is 2. The van der Waals surface area contributed by atoms with Gasteiger partial charge in [0, 0.05) is 0 Å². The maximum absolute atomic E-state index is 9.23. The van der Waals surface area contributed by atoms with Crippen LogP contribution in [0.3, 0.4) is 0 Å². The van der Waals surface area contributed by atoms with Crippen LogP contribution in [0.15, 0.2) is 0 Å². The van der Waals surface area contributed by atoms with E-state index in [1.54, 1.807) is 0 Å². The van der Waals surface area contributed by atoms with Gasteiger partial charge in [-0.3, -0.25) is 0 Å². The van der Waals surface area contributed by atoms with Crippen molar-refractivity contribution in [2.45, 2.75) is 24.8 Å². The first kappa shape index (κ1) is 5.61. The average Bonchev–Trinajstić information content (AvgIpc) is 2.46. The van der Waals surface area contributed by atoms with Gasteiger partial charge in [0.2, 0.25) is 0 Å². The van der Waals surface area contributed by atoms with Crippen LogP contribution in [0.4, 0.5) is 0 Å². The Morgan fingerprint density at radius 2 is 2.44 bits per heavy atom. The highest BCUT2D eigenvalue weighted by molar-refractivity contribution is 4.89. The zero-order chi connectivity index (χ0) is 6.32. The fourth-order valence-corrected chi connectivity index (χ4v) is 1.21. The van der Waals surface area contributed by atoms with Crippen LogP contribution in [-0.2, 0) is 4.84 Å². The lowest BCUT2D eigenvalue weighted by Gasteiger charge is -2.09. The van der Waals surface area contributed by atoms with Gasteiger partial charge in [0.1, 0.15) is 0 Å². The number of rotatable bonds is 1. The monoisotopic (exact) mass is 130 g/mol. The van der Waals surface area contributed by atoms with Gasteiger partial charge in [-0.15, -0.1) is 5.48 Å². The summed E-state index contributed by atoms with van der Waals surface area (Å²) in [6.45, 7) is 0.984. The third-order valence-electron chi connectivity index (χ3n) is 1.84. The molecule has 2 saturated heterocycles. The molecule has 2 aliphatic rings. The van der Waals surface area contributed by atoms with Crippen LogP contribution < -0.4 is 10.8 Å². The van der Waals surface area contributed by atoms with E-state index in [4.69, 9.17) is 0 Å². The molecule has 0 aromatic rings. The van der Waals surface area contributed by atoms with Gasteiger partial charge in [0.15, 0.2) is 0 Å². The molecule has 2 rings (SSSR count). The number of hydrogen-bond donors (Lipinski definition) is 3. The molecule has 1 unspecified atom stereocenters. The van der Waals surface area contributed by atoms with Gasteiger partial charge in [-0.2, -0.15) is 0 Å². The Bertz CT molecular complexity index is 118. The fourth-order valence-electron chi connectivity index (χ4n) is 1.21. The number of hydrogen-bond acceptors (Lipinski definition) is 4. The van der Waals surface area contributed by atoms with Crippen molar-refractivity contribution in [2.24, 2.45) is 0 Å². The summed E-state index contributed by atoms with van der Waals surface area (Å²) in [5.74, 6) is -1.03.